The van der Waals surface area contributed by atoms with E-state index in [1.165, 1.54) is 12.0 Å². The Balaban J connectivity index is 1.82. The van der Waals surface area contributed by atoms with E-state index < -0.39 is 0 Å². The zero-order chi connectivity index (χ0) is 9.31. The van der Waals surface area contributed by atoms with Crippen molar-refractivity contribution in [2.24, 2.45) is 5.41 Å². The highest BCUT2D eigenvalue weighted by atomic mass is 15.0. The van der Waals surface area contributed by atoms with E-state index in [9.17, 15) is 0 Å². The number of hydrogen-bond acceptors (Lipinski definition) is 2. The van der Waals surface area contributed by atoms with Crippen molar-refractivity contribution in [1.29, 1.82) is 0 Å². The first-order valence-corrected chi connectivity index (χ1v) is 4.81. The van der Waals surface area contributed by atoms with Gasteiger partial charge in [-0.25, -0.2) is 0 Å². The van der Waals surface area contributed by atoms with E-state index in [0.29, 0.717) is 11.5 Å². The zero-order valence-electron chi connectivity index (χ0n) is 8.25. The average Bonchev–Trinajstić information content (AvgIpc) is 2.73. The summed E-state index contributed by atoms with van der Waals surface area (Å²) in [6.07, 6.45) is 4.99. The molecule has 2 nitrogen and oxygen atoms in total. The van der Waals surface area contributed by atoms with E-state index in [4.69, 9.17) is 0 Å². The van der Waals surface area contributed by atoms with Gasteiger partial charge in [0.1, 0.15) is 0 Å². The van der Waals surface area contributed by atoms with Crippen molar-refractivity contribution in [2.75, 3.05) is 0 Å². The Bertz CT molecular complexity index is 279. The van der Waals surface area contributed by atoms with Gasteiger partial charge in [-0.2, -0.15) is 0 Å². The Morgan fingerprint density at radius 3 is 2.62 bits per heavy atom. The lowest BCUT2D eigenvalue weighted by Gasteiger charge is -2.05. The standard InChI is InChI=1S/C11H16N2/c1-11(2)7-10(11)13-8-9-3-5-12-6-4-9/h3-6,10,13H,7-8H2,1-2H3. The topological polar surface area (TPSA) is 24.9 Å². The molecule has 0 saturated heterocycles. The first-order chi connectivity index (χ1) is 6.18. The summed E-state index contributed by atoms with van der Waals surface area (Å²) < 4.78 is 0. The van der Waals surface area contributed by atoms with Crippen molar-refractivity contribution in [3.05, 3.63) is 30.1 Å². The maximum absolute atomic E-state index is 3.99. The molecular weight excluding hydrogens is 160 g/mol. The Hall–Kier alpha value is -0.890. The van der Waals surface area contributed by atoms with Gasteiger partial charge in [0.15, 0.2) is 0 Å². The summed E-state index contributed by atoms with van der Waals surface area (Å²) in [5, 5.41) is 3.54. The molecule has 1 aromatic rings. The summed E-state index contributed by atoms with van der Waals surface area (Å²) in [7, 11) is 0. The third-order valence-electron chi connectivity index (χ3n) is 2.82. The van der Waals surface area contributed by atoms with E-state index in [1.807, 2.05) is 12.4 Å². The van der Waals surface area contributed by atoms with Crippen molar-refractivity contribution in [3.8, 4) is 0 Å². The fraction of sp³-hybridized carbons (Fsp3) is 0.545. The monoisotopic (exact) mass is 176 g/mol. The lowest BCUT2D eigenvalue weighted by atomic mass is 10.2. The molecule has 1 N–H and O–H groups in total. The summed E-state index contributed by atoms with van der Waals surface area (Å²) in [5.74, 6) is 0. The number of nitrogens with one attached hydrogen (secondary N) is 1. The number of pyridine rings is 1. The molecule has 0 aliphatic heterocycles. The minimum absolute atomic E-state index is 0.521. The summed E-state index contributed by atoms with van der Waals surface area (Å²) in [5.41, 5.74) is 1.84. The fourth-order valence-electron chi connectivity index (χ4n) is 1.56. The molecule has 2 rings (SSSR count). The summed E-state index contributed by atoms with van der Waals surface area (Å²) in [4.78, 5) is 3.99. The Morgan fingerprint density at radius 2 is 2.08 bits per heavy atom. The smallest absolute Gasteiger partial charge is 0.0271 e. The van der Waals surface area contributed by atoms with Gasteiger partial charge in [0, 0.05) is 25.0 Å². The van der Waals surface area contributed by atoms with Crippen molar-refractivity contribution >= 4 is 0 Å². The average molecular weight is 176 g/mol. The van der Waals surface area contributed by atoms with Crippen LogP contribution >= 0.6 is 0 Å². The highest BCUT2D eigenvalue weighted by Gasteiger charge is 2.44. The number of rotatable bonds is 3. The normalized spacial score (nSPS) is 24.3. The second-order valence-electron chi connectivity index (χ2n) is 4.48. The molecule has 0 bridgehead atoms. The van der Waals surface area contributed by atoms with Gasteiger partial charge in [-0.15, -0.1) is 0 Å². The number of aromatic nitrogens is 1. The summed E-state index contributed by atoms with van der Waals surface area (Å²) in [6, 6.07) is 4.82. The third kappa shape index (κ3) is 2.07. The van der Waals surface area contributed by atoms with Crippen LogP contribution in [0.2, 0.25) is 0 Å². The molecule has 0 aromatic carbocycles. The van der Waals surface area contributed by atoms with Gasteiger partial charge in [0.05, 0.1) is 0 Å². The maximum atomic E-state index is 3.99. The molecule has 70 valence electrons. The zero-order valence-corrected chi connectivity index (χ0v) is 8.25. The van der Waals surface area contributed by atoms with Crippen molar-refractivity contribution in [3.63, 3.8) is 0 Å². The van der Waals surface area contributed by atoms with Crippen LogP contribution in [0.25, 0.3) is 0 Å². The first-order valence-electron chi connectivity index (χ1n) is 4.81. The molecule has 0 radical (unpaired) electrons. The second-order valence-corrected chi connectivity index (χ2v) is 4.48. The number of hydrogen-bond donors (Lipinski definition) is 1. The van der Waals surface area contributed by atoms with Crippen LogP contribution < -0.4 is 5.32 Å². The van der Waals surface area contributed by atoms with Crippen molar-refractivity contribution in [2.45, 2.75) is 32.9 Å². The van der Waals surface area contributed by atoms with Gasteiger partial charge in [0.2, 0.25) is 0 Å². The van der Waals surface area contributed by atoms with E-state index in [-0.39, 0.29) is 0 Å². The summed E-state index contributed by atoms with van der Waals surface area (Å²) >= 11 is 0. The molecule has 1 aromatic heterocycles. The van der Waals surface area contributed by atoms with Crippen LogP contribution in [0, 0.1) is 5.41 Å². The first kappa shape index (κ1) is 8.70. The van der Waals surface area contributed by atoms with Gasteiger partial charge in [0.25, 0.3) is 0 Å². The molecule has 1 atom stereocenters. The Labute approximate surface area is 79.4 Å². The largest absolute Gasteiger partial charge is 0.309 e. The maximum Gasteiger partial charge on any atom is 0.0271 e. The molecule has 13 heavy (non-hydrogen) atoms. The quantitative estimate of drug-likeness (QED) is 0.761. The van der Waals surface area contributed by atoms with Gasteiger partial charge >= 0.3 is 0 Å². The second kappa shape index (κ2) is 3.11. The van der Waals surface area contributed by atoms with Gasteiger partial charge in [-0.05, 0) is 29.5 Å². The van der Waals surface area contributed by atoms with Gasteiger partial charge in [-0.1, -0.05) is 13.8 Å². The molecule has 0 amide bonds. The Morgan fingerprint density at radius 1 is 1.46 bits per heavy atom. The van der Waals surface area contributed by atoms with Crippen LogP contribution in [-0.2, 0) is 6.54 Å². The lowest BCUT2D eigenvalue weighted by Crippen LogP contribution is -2.19. The molecule has 0 spiro atoms. The van der Waals surface area contributed by atoms with E-state index in [1.54, 1.807) is 0 Å². The van der Waals surface area contributed by atoms with Crippen molar-refractivity contribution < 1.29 is 0 Å². The summed E-state index contributed by atoms with van der Waals surface area (Å²) in [6.45, 7) is 5.57. The van der Waals surface area contributed by atoms with Crippen LogP contribution in [-0.4, -0.2) is 11.0 Å². The molecule has 1 fully saturated rings. The molecule has 1 saturated carbocycles. The molecule has 1 aliphatic rings. The van der Waals surface area contributed by atoms with Crippen LogP contribution in [0.15, 0.2) is 24.5 Å². The van der Waals surface area contributed by atoms with Crippen molar-refractivity contribution in [1.82, 2.24) is 10.3 Å². The minimum atomic E-state index is 0.521. The fourth-order valence-corrected chi connectivity index (χ4v) is 1.56. The Kier molecular flexibility index (Phi) is 2.08. The van der Waals surface area contributed by atoms with Crippen LogP contribution in [0.1, 0.15) is 25.8 Å². The van der Waals surface area contributed by atoms with Gasteiger partial charge < -0.3 is 5.32 Å². The van der Waals surface area contributed by atoms with E-state index in [2.05, 4.69) is 36.3 Å². The van der Waals surface area contributed by atoms with E-state index in [0.717, 1.165) is 6.54 Å². The van der Waals surface area contributed by atoms with E-state index >= 15 is 0 Å². The number of nitrogens with zero attached hydrogens (tertiary/aromatic N) is 1. The molecule has 1 unspecified atom stereocenters. The van der Waals surface area contributed by atoms with Crippen LogP contribution in [0.5, 0.6) is 0 Å². The predicted molar refractivity (Wildman–Crippen MR) is 53.3 cm³/mol. The molecular formula is C11H16N2. The lowest BCUT2D eigenvalue weighted by molar-refractivity contribution is 0.542. The predicted octanol–water partition coefficient (Wildman–Crippen LogP) is 1.97. The highest BCUT2D eigenvalue weighted by molar-refractivity contribution is 5.11. The molecule has 1 heterocycles. The molecule has 2 heteroatoms. The molecule has 1 aliphatic carbocycles. The third-order valence-corrected chi connectivity index (χ3v) is 2.82. The minimum Gasteiger partial charge on any atom is -0.309 e. The highest BCUT2D eigenvalue weighted by Crippen LogP contribution is 2.44. The van der Waals surface area contributed by atoms with Crippen LogP contribution in [0.3, 0.4) is 0 Å². The van der Waals surface area contributed by atoms with Crippen LogP contribution in [0.4, 0.5) is 0 Å². The van der Waals surface area contributed by atoms with Gasteiger partial charge in [-0.3, -0.25) is 4.98 Å². The SMILES string of the molecule is CC1(C)CC1NCc1ccncc1.